The van der Waals surface area contributed by atoms with Crippen LogP contribution >= 0.6 is 0 Å². The normalized spacial score (nSPS) is 17.2. The van der Waals surface area contributed by atoms with Gasteiger partial charge in [0.25, 0.3) is 0 Å². The van der Waals surface area contributed by atoms with Gasteiger partial charge in [-0.1, -0.05) is 24.3 Å². The van der Waals surface area contributed by atoms with Gasteiger partial charge in [-0.25, -0.2) is 8.42 Å². The summed E-state index contributed by atoms with van der Waals surface area (Å²) in [5.74, 6) is 1.21. The molecule has 8 heteroatoms. The van der Waals surface area contributed by atoms with Crippen molar-refractivity contribution in [3.05, 3.63) is 60.2 Å². The number of amides is 1. The van der Waals surface area contributed by atoms with E-state index in [1.54, 1.807) is 47.4 Å². The third-order valence-electron chi connectivity index (χ3n) is 4.75. The van der Waals surface area contributed by atoms with Crippen LogP contribution in [0.5, 0.6) is 11.5 Å². The first-order valence-corrected chi connectivity index (χ1v) is 10.4. The van der Waals surface area contributed by atoms with E-state index in [1.807, 2.05) is 12.1 Å². The van der Waals surface area contributed by atoms with Crippen LogP contribution in [-0.2, 0) is 14.8 Å². The molecule has 1 saturated heterocycles. The smallest absolute Gasteiger partial charge is 0.246 e. The Morgan fingerprint density at radius 2 is 1.64 bits per heavy atom. The molecule has 146 valence electrons. The number of piperazine rings is 1. The lowest BCUT2D eigenvalue weighted by Gasteiger charge is -2.33. The first-order valence-electron chi connectivity index (χ1n) is 8.96. The summed E-state index contributed by atoms with van der Waals surface area (Å²) < 4.78 is 37.3. The Balaban J connectivity index is 1.36. The second kappa shape index (κ2) is 7.65. The Kier molecular flexibility index (Phi) is 5.06. The summed E-state index contributed by atoms with van der Waals surface area (Å²) in [6, 6.07) is 13.8. The topological polar surface area (TPSA) is 76.2 Å². The molecule has 2 aliphatic heterocycles. The lowest BCUT2D eigenvalue weighted by molar-refractivity contribution is -0.127. The average molecular weight is 400 g/mol. The number of benzene rings is 2. The maximum Gasteiger partial charge on any atom is 0.246 e. The second-order valence-electron chi connectivity index (χ2n) is 6.49. The van der Waals surface area contributed by atoms with Crippen molar-refractivity contribution < 1.29 is 22.7 Å². The minimum absolute atomic E-state index is 0.144. The third-order valence-corrected chi connectivity index (χ3v) is 6.66. The van der Waals surface area contributed by atoms with Gasteiger partial charge < -0.3 is 14.4 Å². The number of nitrogens with zero attached hydrogens (tertiary/aromatic N) is 2. The van der Waals surface area contributed by atoms with Gasteiger partial charge in [0.2, 0.25) is 22.7 Å². The lowest BCUT2D eigenvalue weighted by atomic mass is 10.2. The molecule has 2 aromatic rings. The van der Waals surface area contributed by atoms with Gasteiger partial charge >= 0.3 is 0 Å². The molecule has 2 heterocycles. The summed E-state index contributed by atoms with van der Waals surface area (Å²) in [5, 5.41) is 0. The molecular formula is C20H20N2O5S. The van der Waals surface area contributed by atoms with E-state index in [4.69, 9.17) is 9.47 Å². The van der Waals surface area contributed by atoms with E-state index in [9.17, 15) is 13.2 Å². The van der Waals surface area contributed by atoms with Crippen molar-refractivity contribution in [2.75, 3.05) is 33.0 Å². The van der Waals surface area contributed by atoms with Crippen LogP contribution in [0.2, 0.25) is 0 Å². The van der Waals surface area contributed by atoms with E-state index < -0.39 is 10.0 Å². The van der Waals surface area contributed by atoms with E-state index in [0.717, 1.165) is 5.56 Å². The Morgan fingerprint density at radius 3 is 2.39 bits per heavy atom. The first kappa shape index (κ1) is 18.5. The van der Waals surface area contributed by atoms with Gasteiger partial charge in [0.05, 0.1) is 4.90 Å². The maximum atomic E-state index is 12.7. The van der Waals surface area contributed by atoms with Crippen LogP contribution < -0.4 is 9.47 Å². The quantitative estimate of drug-likeness (QED) is 0.734. The Hall–Kier alpha value is -2.84. The molecule has 0 atom stereocenters. The zero-order chi connectivity index (χ0) is 19.6. The monoisotopic (exact) mass is 400 g/mol. The SMILES string of the molecule is O=C(/C=C/c1ccc2c(c1)OCO2)N1CCN(S(=O)(=O)c2ccccc2)CC1. The van der Waals surface area contributed by atoms with Gasteiger partial charge in [0.15, 0.2) is 11.5 Å². The van der Waals surface area contributed by atoms with Gasteiger partial charge in [-0.3, -0.25) is 4.79 Å². The molecule has 4 rings (SSSR count). The Morgan fingerprint density at radius 1 is 0.929 bits per heavy atom. The zero-order valence-corrected chi connectivity index (χ0v) is 16.0. The molecule has 1 amide bonds. The van der Waals surface area contributed by atoms with Crippen LogP contribution in [0.1, 0.15) is 5.56 Å². The van der Waals surface area contributed by atoms with Gasteiger partial charge in [0.1, 0.15) is 0 Å². The fourth-order valence-corrected chi connectivity index (χ4v) is 4.62. The molecule has 7 nitrogen and oxygen atoms in total. The molecule has 0 spiro atoms. The summed E-state index contributed by atoms with van der Waals surface area (Å²) in [4.78, 5) is 14.4. The van der Waals surface area contributed by atoms with Gasteiger partial charge in [0, 0.05) is 32.3 Å². The predicted molar refractivity (Wildman–Crippen MR) is 103 cm³/mol. The fourth-order valence-electron chi connectivity index (χ4n) is 3.18. The molecule has 0 unspecified atom stereocenters. The van der Waals surface area contributed by atoms with Crippen molar-refractivity contribution in [1.82, 2.24) is 9.21 Å². The average Bonchev–Trinajstić information content (AvgIpc) is 3.20. The summed E-state index contributed by atoms with van der Waals surface area (Å²) in [6.45, 7) is 1.48. The molecule has 1 fully saturated rings. The highest BCUT2D eigenvalue weighted by molar-refractivity contribution is 7.89. The van der Waals surface area contributed by atoms with Crippen molar-refractivity contribution >= 4 is 22.0 Å². The van der Waals surface area contributed by atoms with E-state index in [-0.39, 0.29) is 30.7 Å². The standard InChI is InChI=1S/C20H20N2O5S/c23-20(9-7-16-6-8-18-19(14-16)27-15-26-18)21-10-12-22(13-11-21)28(24,25)17-4-2-1-3-5-17/h1-9,14H,10-13,15H2/b9-7+. The minimum atomic E-state index is -3.52. The molecule has 0 aliphatic carbocycles. The molecule has 0 aromatic heterocycles. The highest BCUT2D eigenvalue weighted by Gasteiger charge is 2.29. The van der Waals surface area contributed by atoms with Crippen LogP contribution in [-0.4, -0.2) is 56.5 Å². The highest BCUT2D eigenvalue weighted by atomic mass is 32.2. The van der Waals surface area contributed by atoms with E-state index in [0.29, 0.717) is 24.6 Å². The summed E-state index contributed by atoms with van der Waals surface area (Å²) in [5.41, 5.74) is 0.836. The van der Waals surface area contributed by atoms with E-state index in [2.05, 4.69) is 0 Å². The number of sulfonamides is 1. The van der Waals surface area contributed by atoms with Crippen molar-refractivity contribution in [2.24, 2.45) is 0 Å². The van der Waals surface area contributed by atoms with Crippen LogP contribution in [0.4, 0.5) is 0 Å². The largest absolute Gasteiger partial charge is 0.454 e. The fraction of sp³-hybridized carbons (Fsp3) is 0.250. The van der Waals surface area contributed by atoms with Crippen molar-refractivity contribution in [3.63, 3.8) is 0 Å². The number of hydrogen-bond donors (Lipinski definition) is 0. The number of rotatable bonds is 4. The highest BCUT2D eigenvalue weighted by Crippen LogP contribution is 2.32. The number of ether oxygens (including phenoxy) is 2. The van der Waals surface area contributed by atoms with Gasteiger partial charge in [-0.15, -0.1) is 0 Å². The van der Waals surface area contributed by atoms with Crippen molar-refractivity contribution in [1.29, 1.82) is 0 Å². The number of carbonyl (C=O) groups excluding carboxylic acids is 1. The van der Waals surface area contributed by atoms with E-state index in [1.165, 1.54) is 10.4 Å². The maximum absolute atomic E-state index is 12.7. The Labute approximate surface area is 163 Å². The summed E-state index contributed by atoms with van der Waals surface area (Å²) in [6.07, 6.45) is 3.22. The van der Waals surface area contributed by atoms with Gasteiger partial charge in [-0.2, -0.15) is 4.31 Å². The van der Waals surface area contributed by atoms with Crippen LogP contribution in [0.3, 0.4) is 0 Å². The van der Waals surface area contributed by atoms with Crippen molar-refractivity contribution in [2.45, 2.75) is 4.90 Å². The summed E-state index contributed by atoms with van der Waals surface area (Å²) in [7, 11) is -3.52. The predicted octanol–water partition coefficient (Wildman–Crippen LogP) is 1.96. The number of carbonyl (C=O) groups is 1. The molecule has 2 aliphatic rings. The van der Waals surface area contributed by atoms with E-state index >= 15 is 0 Å². The zero-order valence-electron chi connectivity index (χ0n) is 15.2. The lowest BCUT2D eigenvalue weighted by Crippen LogP contribution is -2.50. The van der Waals surface area contributed by atoms with Crippen LogP contribution in [0.25, 0.3) is 6.08 Å². The number of fused-ring (bicyclic) bond motifs is 1. The number of hydrogen-bond acceptors (Lipinski definition) is 5. The molecule has 0 radical (unpaired) electrons. The molecule has 0 N–H and O–H groups in total. The van der Waals surface area contributed by atoms with Crippen LogP contribution in [0.15, 0.2) is 59.5 Å². The van der Waals surface area contributed by atoms with Crippen molar-refractivity contribution in [3.8, 4) is 11.5 Å². The molecule has 0 bridgehead atoms. The minimum Gasteiger partial charge on any atom is -0.454 e. The molecular weight excluding hydrogens is 380 g/mol. The summed E-state index contributed by atoms with van der Waals surface area (Å²) >= 11 is 0. The molecule has 2 aromatic carbocycles. The molecule has 28 heavy (non-hydrogen) atoms. The molecule has 0 saturated carbocycles. The van der Waals surface area contributed by atoms with Gasteiger partial charge in [-0.05, 0) is 35.9 Å². The second-order valence-corrected chi connectivity index (χ2v) is 8.43. The Bertz CT molecular complexity index is 997. The van der Waals surface area contributed by atoms with Crippen LogP contribution in [0, 0.1) is 0 Å². The third kappa shape index (κ3) is 3.74. The first-order chi connectivity index (χ1) is 13.5.